The topological polar surface area (TPSA) is 49.2 Å². The summed E-state index contributed by atoms with van der Waals surface area (Å²) in [5.41, 5.74) is 0. The van der Waals surface area contributed by atoms with Crippen molar-refractivity contribution in [3.8, 4) is 0 Å². The van der Waals surface area contributed by atoms with Crippen molar-refractivity contribution in [3.05, 3.63) is 12.2 Å². The first-order valence-corrected chi connectivity index (χ1v) is 7.70. The Bertz CT molecular complexity index is 368. The molecule has 1 fully saturated rings. The average molecular weight is 260 g/mol. The summed E-state index contributed by atoms with van der Waals surface area (Å²) in [4.78, 5) is 2.64. The Morgan fingerprint density at radius 2 is 2.00 bits per heavy atom. The van der Waals surface area contributed by atoms with Crippen LogP contribution in [-0.2, 0) is 10.0 Å². The molecule has 0 bridgehead atoms. The number of hydrogen-bond acceptors (Lipinski definition) is 3. The SMILES string of the molecule is CC/C=C/CCC1CN1NS(=O)(=O)C(C)(C)C. The predicted molar refractivity (Wildman–Crippen MR) is 71.0 cm³/mol. The molecule has 1 aliphatic heterocycles. The van der Waals surface area contributed by atoms with E-state index in [4.69, 9.17) is 0 Å². The largest absolute Gasteiger partial charge is 0.229 e. The Morgan fingerprint density at radius 3 is 2.53 bits per heavy atom. The molecule has 0 radical (unpaired) electrons. The van der Waals surface area contributed by atoms with Crippen LogP contribution in [0, 0.1) is 0 Å². The van der Waals surface area contributed by atoms with Gasteiger partial charge in [0.1, 0.15) is 0 Å². The highest BCUT2D eigenvalue weighted by Crippen LogP contribution is 2.23. The van der Waals surface area contributed by atoms with Gasteiger partial charge >= 0.3 is 0 Å². The second kappa shape index (κ2) is 5.50. The van der Waals surface area contributed by atoms with Gasteiger partial charge in [0.2, 0.25) is 10.0 Å². The highest BCUT2D eigenvalue weighted by Gasteiger charge is 2.40. The van der Waals surface area contributed by atoms with Gasteiger partial charge in [-0.3, -0.25) is 0 Å². The summed E-state index contributed by atoms with van der Waals surface area (Å²) in [5.74, 6) is 0. The zero-order valence-corrected chi connectivity index (χ0v) is 12.0. The third-order valence-corrected chi connectivity index (χ3v) is 4.91. The molecule has 0 aromatic heterocycles. The summed E-state index contributed by atoms with van der Waals surface area (Å²) in [6, 6.07) is 0.369. The summed E-state index contributed by atoms with van der Waals surface area (Å²) in [6.07, 6.45) is 7.40. The van der Waals surface area contributed by atoms with Crippen LogP contribution in [-0.4, -0.2) is 30.8 Å². The average Bonchev–Trinajstić information content (AvgIpc) is 2.89. The van der Waals surface area contributed by atoms with E-state index in [0.29, 0.717) is 6.04 Å². The Morgan fingerprint density at radius 1 is 1.35 bits per heavy atom. The molecule has 0 aromatic rings. The Kier molecular flexibility index (Phi) is 4.75. The van der Waals surface area contributed by atoms with E-state index < -0.39 is 14.8 Å². The molecule has 0 saturated carbocycles. The molecule has 1 saturated heterocycles. The van der Waals surface area contributed by atoms with E-state index in [1.54, 1.807) is 25.8 Å². The van der Waals surface area contributed by atoms with Gasteiger partial charge in [-0.2, -0.15) is 0 Å². The van der Waals surface area contributed by atoms with Gasteiger partial charge in [0, 0.05) is 12.6 Å². The highest BCUT2D eigenvalue weighted by atomic mass is 32.2. The lowest BCUT2D eigenvalue weighted by atomic mass is 10.2. The molecular weight excluding hydrogens is 236 g/mol. The minimum atomic E-state index is -3.24. The van der Waals surface area contributed by atoms with E-state index in [2.05, 4.69) is 23.9 Å². The van der Waals surface area contributed by atoms with E-state index >= 15 is 0 Å². The summed E-state index contributed by atoms with van der Waals surface area (Å²) in [5, 5.41) is 1.81. The summed E-state index contributed by atoms with van der Waals surface area (Å²) < 4.78 is 23.0. The van der Waals surface area contributed by atoms with Crippen molar-refractivity contribution < 1.29 is 8.42 Å². The maximum absolute atomic E-state index is 11.9. The van der Waals surface area contributed by atoms with Crippen molar-refractivity contribution in [2.45, 2.75) is 57.7 Å². The van der Waals surface area contributed by atoms with E-state index in [1.165, 1.54) is 0 Å². The van der Waals surface area contributed by atoms with Gasteiger partial charge < -0.3 is 0 Å². The van der Waals surface area contributed by atoms with Crippen molar-refractivity contribution in [1.29, 1.82) is 0 Å². The molecule has 1 rings (SSSR count). The summed E-state index contributed by atoms with van der Waals surface area (Å²) >= 11 is 0. The molecule has 1 N–H and O–H groups in total. The molecule has 1 aliphatic rings. The van der Waals surface area contributed by atoms with Crippen molar-refractivity contribution in [2.24, 2.45) is 0 Å². The molecule has 100 valence electrons. The van der Waals surface area contributed by atoms with Crippen LogP contribution in [0.25, 0.3) is 0 Å². The van der Waals surface area contributed by atoms with Crippen LogP contribution >= 0.6 is 0 Å². The van der Waals surface area contributed by atoms with Crippen LogP contribution in [0.4, 0.5) is 0 Å². The van der Waals surface area contributed by atoms with Crippen LogP contribution in [0.5, 0.6) is 0 Å². The zero-order chi connectivity index (χ0) is 13.1. The number of nitrogens with one attached hydrogen (secondary N) is 1. The number of nitrogens with zero attached hydrogens (tertiary/aromatic N) is 1. The zero-order valence-electron chi connectivity index (χ0n) is 11.2. The van der Waals surface area contributed by atoms with Crippen LogP contribution in [0.15, 0.2) is 12.2 Å². The lowest BCUT2D eigenvalue weighted by Gasteiger charge is -2.20. The molecule has 17 heavy (non-hydrogen) atoms. The lowest BCUT2D eigenvalue weighted by Crippen LogP contribution is -2.42. The third-order valence-electron chi connectivity index (χ3n) is 2.83. The minimum absolute atomic E-state index is 0.369. The van der Waals surface area contributed by atoms with Gasteiger partial charge in [-0.25, -0.2) is 13.4 Å². The number of sulfonamides is 1. The van der Waals surface area contributed by atoms with Gasteiger partial charge in [0.15, 0.2) is 0 Å². The summed E-state index contributed by atoms with van der Waals surface area (Å²) in [6.45, 7) is 8.06. The van der Waals surface area contributed by atoms with Crippen LogP contribution in [0.2, 0.25) is 0 Å². The molecule has 0 aliphatic carbocycles. The van der Waals surface area contributed by atoms with E-state index in [1.807, 2.05) is 0 Å². The Labute approximate surface area is 105 Å². The maximum atomic E-state index is 11.9. The minimum Gasteiger partial charge on any atom is -0.225 e. The molecular formula is C12H24N2O2S. The van der Waals surface area contributed by atoms with Crippen LogP contribution in [0.3, 0.4) is 0 Å². The molecule has 5 heteroatoms. The fraction of sp³-hybridized carbons (Fsp3) is 0.833. The van der Waals surface area contributed by atoms with E-state index in [9.17, 15) is 8.42 Å². The van der Waals surface area contributed by atoms with Crippen molar-refractivity contribution in [2.75, 3.05) is 6.54 Å². The number of hydrazine groups is 1. The van der Waals surface area contributed by atoms with Crippen LogP contribution in [0.1, 0.15) is 47.0 Å². The standard InChI is InChI=1S/C12H24N2O2S/c1-5-6-7-8-9-11-10-14(11)13-17(15,16)12(2,3)4/h6-7,11,13H,5,8-10H2,1-4H3/b7-6+. The molecule has 1 heterocycles. The molecule has 0 spiro atoms. The fourth-order valence-corrected chi connectivity index (χ4v) is 2.21. The quantitative estimate of drug-likeness (QED) is 0.587. The normalized spacial score (nSPS) is 25.4. The molecule has 2 unspecified atom stereocenters. The van der Waals surface area contributed by atoms with Gasteiger partial charge in [0.25, 0.3) is 0 Å². The van der Waals surface area contributed by atoms with E-state index in [-0.39, 0.29) is 0 Å². The Balaban J connectivity index is 2.31. The molecule has 0 aromatic carbocycles. The van der Waals surface area contributed by atoms with Crippen LogP contribution < -0.4 is 4.83 Å². The monoisotopic (exact) mass is 260 g/mol. The van der Waals surface area contributed by atoms with Gasteiger partial charge in [-0.1, -0.05) is 19.1 Å². The van der Waals surface area contributed by atoms with Gasteiger partial charge in [0.05, 0.1) is 4.75 Å². The first-order valence-electron chi connectivity index (χ1n) is 6.21. The van der Waals surface area contributed by atoms with Gasteiger partial charge in [-0.15, -0.1) is 4.83 Å². The number of hydrogen-bond donors (Lipinski definition) is 1. The highest BCUT2D eigenvalue weighted by molar-refractivity contribution is 7.90. The first-order chi connectivity index (χ1) is 7.78. The van der Waals surface area contributed by atoms with Crippen molar-refractivity contribution >= 4 is 10.0 Å². The summed E-state index contributed by atoms with van der Waals surface area (Å²) in [7, 11) is -3.24. The maximum Gasteiger partial charge on any atom is 0.229 e. The third kappa shape index (κ3) is 4.41. The molecule has 0 amide bonds. The fourth-order valence-electron chi connectivity index (χ4n) is 1.40. The van der Waals surface area contributed by atoms with Gasteiger partial charge in [-0.05, 0) is 40.0 Å². The predicted octanol–water partition coefficient (Wildman–Crippen LogP) is 2.05. The second-order valence-electron chi connectivity index (χ2n) is 5.47. The van der Waals surface area contributed by atoms with Crippen molar-refractivity contribution in [1.82, 2.24) is 9.84 Å². The van der Waals surface area contributed by atoms with Crippen molar-refractivity contribution in [3.63, 3.8) is 0 Å². The number of allylic oxidation sites excluding steroid dienone is 2. The van der Waals surface area contributed by atoms with E-state index in [0.717, 1.165) is 25.8 Å². The Hall–Kier alpha value is -0.390. The molecule has 2 atom stereocenters. The second-order valence-corrected chi connectivity index (χ2v) is 7.88. The molecule has 4 nitrogen and oxygen atoms in total. The smallest absolute Gasteiger partial charge is 0.225 e. The first kappa shape index (κ1) is 14.7. The lowest BCUT2D eigenvalue weighted by molar-refractivity contribution is 0.428. The number of rotatable bonds is 6.